The molecule has 0 fully saturated rings. The topological polar surface area (TPSA) is 81.8 Å². The van der Waals surface area contributed by atoms with Crippen LogP contribution in [0.5, 0.6) is 0 Å². The molecule has 0 aromatic carbocycles. The van der Waals surface area contributed by atoms with E-state index in [-0.39, 0.29) is 0 Å². The highest BCUT2D eigenvalue weighted by atomic mass is 31.2. The number of nitrogens with two attached hydrogens (primary N) is 1. The van der Waals surface area contributed by atoms with Gasteiger partial charge in [-0.05, 0) is 19.4 Å². The van der Waals surface area contributed by atoms with Crippen molar-refractivity contribution in [3.63, 3.8) is 0 Å². The van der Waals surface area contributed by atoms with Crippen LogP contribution in [0, 0.1) is 0 Å². The third kappa shape index (κ3) is 14.3. The number of hydrogen-bond donors (Lipinski definition) is 2. The van der Waals surface area contributed by atoms with Gasteiger partial charge in [-0.25, -0.2) is 4.57 Å². The maximum atomic E-state index is 11.0. The van der Waals surface area contributed by atoms with Crippen LogP contribution >= 0.6 is 7.82 Å². The average Bonchev–Trinajstić information content (AvgIpc) is 2.40. The van der Waals surface area contributed by atoms with Gasteiger partial charge in [0.05, 0.1) is 6.61 Å². The SMILES string of the molecule is COP(=O)(O)OCCCCCCCCCCCCN. The number of phosphoric ester groups is 1. The summed E-state index contributed by atoms with van der Waals surface area (Å²) < 4.78 is 20.0. The van der Waals surface area contributed by atoms with Gasteiger partial charge in [-0.15, -0.1) is 0 Å². The Hall–Kier alpha value is 0.0700. The number of hydrogen-bond acceptors (Lipinski definition) is 4. The van der Waals surface area contributed by atoms with E-state index in [0.29, 0.717) is 6.61 Å². The molecule has 0 aliphatic heterocycles. The molecule has 0 saturated carbocycles. The standard InChI is InChI=1S/C13H30NO4P/c1-17-19(15,16)18-13-11-9-7-5-3-2-4-6-8-10-12-14/h2-14H2,1H3,(H,15,16). The van der Waals surface area contributed by atoms with Gasteiger partial charge in [-0.1, -0.05) is 51.4 Å². The van der Waals surface area contributed by atoms with Gasteiger partial charge in [-0.3, -0.25) is 9.05 Å². The summed E-state index contributed by atoms with van der Waals surface area (Å²) in [6, 6.07) is 0. The first-order chi connectivity index (χ1) is 9.12. The lowest BCUT2D eigenvalue weighted by Gasteiger charge is -2.08. The maximum absolute atomic E-state index is 11.0. The zero-order chi connectivity index (χ0) is 14.4. The van der Waals surface area contributed by atoms with Crippen molar-refractivity contribution in [1.29, 1.82) is 0 Å². The van der Waals surface area contributed by atoms with E-state index < -0.39 is 7.82 Å². The molecule has 0 aromatic rings. The summed E-state index contributed by atoms with van der Waals surface area (Å²) in [7, 11) is -2.59. The highest BCUT2D eigenvalue weighted by molar-refractivity contribution is 7.47. The highest BCUT2D eigenvalue weighted by Gasteiger charge is 2.17. The molecule has 116 valence electrons. The van der Waals surface area contributed by atoms with Crippen molar-refractivity contribution in [3.05, 3.63) is 0 Å². The van der Waals surface area contributed by atoms with Crippen LogP contribution in [0.4, 0.5) is 0 Å². The van der Waals surface area contributed by atoms with Crippen molar-refractivity contribution in [2.24, 2.45) is 5.73 Å². The minimum atomic E-state index is -3.76. The second-order valence-corrected chi connectivity index (χ2v) is 6.37. The minimum absolute atomic E-state index is 0.292. The van der Waals surface area contributed by atoms with Crippen LogP contribution in [0.2, 0.25) is 0 Å². The third-order valence-electron chi connectivity index (χ3n) is 3.08. The fourth-order valence-corrected chi connectivity index (χ4v) is 2.36. The molecule has 0 amide bonds. The molecule has 1 atom stereocenters. The molecule has 19 heavy (non-hydrogen) atoms. The average molecular weight is 295 g/mol. The summed E-state index contributed by atoms with van der Waals surface area (Å²) in [5.41, 5.74) is 5.43. The smallest absolute Gasteiger partial charge is 0.330 e. The first kappa shape index (κ1) is 19.1. The molecule has 0 spiro atoms. The second-order valence-electron chi connectivity index (χ2n) is 4.81. The van der Waals surface area contributed by atoms with E-state index in [4.69, 9.17) is 15.2 Å². The number of unbranched alkanes of at least 4 members (excludes halogenated alkanes) is 9. The molecule has 0 heterocycles. The van der Waals surface area contributed by atoms with E-state index in [1.807, 2.05) is 0 Å². The first-order valence-electron chi connectivity index (χ1n) is 7.35. The number of phosphoric acid groups is 1. The van der Waals surface area contributed by atoms with Gasteiger partial charge in [-0.2, -0.15) is 0 Å². The van der Waals surface area contributed by atoms with Gasteiger partial charge >= 0.3 is 7.82 Å². The van der Waals surface area contributed by atoms with Crippen LogP contribution in [0.25, 0.3) is 0 Å². The lowest BCUT2D eigenvalue weighted by molar-refractivity contribution is 0.170. The zero-order valence-corrected chi connectivity index (χ0v) is 13.1. The Labute approximate surface area is 117 Å². The maximum Gasteiger partial charge on any atom is 0.471 e. The Morgan fingerprint density at radius 2 is 1.32 bits per heavy atom. The van der Waals surface area contributed by atoms with Gasteiger partial charge in [0.15, 0.2) is 0 Å². The van der Waals surface area contributed by atoms with Gasteiger partial charge in [0.1, 0.15) is 0 Å². The largest absolute Gasteiger partial charge is 0.471 e. The van der Waals surface area contributed by atoms with Crippen molar-refractivity contribution in [2.45, 2.75) is 64.2 Å². The predicted octanol–water partition coefficient (Wildman–Crippen LogP) is 3.61. The van der Waals surface area contributed by atoms with E-state index >= 15 is 0 Å². The minimum Gasteiger partial charge on any atom is -0.330 e. The molecule has 0 rings (SSSR count). The quantitative estimate of drug-likeness (QED) is 0.378. The summed E-state index contributed by atoms with van der Waals surface area (Å²) in [6.45, 7) is 1.10. The van der Waals surface area contributed by atoms with Crippen molar-refractivity contribution in [1.82, 2.24) is 0 Å². The van der Waals surface area contributed by atoms with Gasteiger partial charge < -0.3 is 10.6 Å². The van der Waals surface area contributed by atoms with E-state index in [0.717, 1.165) is 32.2 Å². The molecule has 0 bridgehead atoms. The van der Waals surface area contributed by atoms with Crippen LogP contribution < -0.4 is 5.73 Å². The first-order valence-corrected chi connectivity index (χ1v) is 8.85. The van der Waals surface area contributed by atoms with Crippen LogP contribution in [-0.2, 0) is 13.6 Å². The van der Waals surface area contributed by atoms with Crippen LogP contribution in [0.3, 0.4) is 0 Å². The molecular formula is C13H30NO4P. The fraction of sp³-hybridized carbons (Fsp3) is 1.00. The summed E-state index contributed by atoms with van der Waals surface area (Å²) >= 11 is 0. The Bertz CT molecular complexity index is 239. The molecule has 5 nitrogen and oxygen atoms in total. The summed E-state index contributed by atoms with van der Waals surface area (Å²) in [4.78, 5) is 8.99. The monoisotopic (exact) mass is 295 g/mol. The molecule has 1 unspecified atom stereocenters. The second kappa shape index (κ2) is 13.1. The summed E-state index contributed by atoms with van der Waals surface area (Å²) in [5.74, 6) is 0. The van der Waals surface area contributed by atoms with Crippen molar-refractivity contribution < 1.29 is 18.5 Å². The fourth-order valence-electron chi connectivity index (χ4n) is 1.89. The summed E-state index contributed by atoms with van der Waals surface area (Å²) in [6.07, 6.45) is 11.8. The lowest BCUT2D eigenvalue weighted by atomic mass is 10.1. The van der Waals surface area contributed by atoms with Crippen molar-refractivity contribution >= 4 is 7.82 Å². The predicted molar refractivity (Wildman–Crippen MR) is 78.0 cm³/mol. The Morgan fingerprint density at radius 1 is 0.895 bits per heavy atom. The molecule has 6 heteroatoms. The van der Waals surface area contributed by atoms with E-state index in [1.54, 1.807) is 0 Å². The summed E-state index contributed by atoms with van der Waals surface area (Å²) in [5, 5.41) is 0. The Balaban J connectivity index is 3.09. The van der Waals surface area contributed by atoms with E-state index in [1.165, 1.54) is 45.6 Å². The molecule has 3 N–H and O–H groups in total. The van der Waals surface area contributed by atoms with Crippen molar-refractivity contribution in [2.75, 3.05) is 20.3 Å². The molecule has 0 saturated heterocycles. The van der Waals surface area contributed by atoms with Crippen molar-refractivity contribution in [3.8, 4) is 0 Å². The zero-order valence-electron chi connectivity index (χ0n) is 12.2. The Kier molecular flexibility index (Phi) is 13.1. The Morgan fingerprint density at radius 3 is 1.74 bits per heavy atom. The molecule has 0 radical (unpaired) electrons. The van der Waals surface area contributed by atoms with E-state index in [2.05, 4.69) is 4.52 Å². The van der Waals surface area contributed by atoms with Crippen LogP contribution in [-0.4, -0.2) is 25.2 Å². The molecule has 0 aliphatic carbocycles. The lowest BCUT2D eigenvalue weighted by Crippen LogP contribution is -1.97. The highest BCUT2D eigenvalue weighted by Crippen LogP contribution is 2.41. The third-order valence-corrected chi connectivity index (χ3v) is 4.05. The van der Waals surface area contributed by atoms with Crippen LogP contribution in [0.15, 0.2) is 0 Å². The number of rotatable bonds is 14. The van der Waals surface area contributed by atoms with Gasteiger partial charge in [0, 0.05) is 7.11 Å². The van der Waals surface area contributed by atoms with Gasteiger partial charge in [0.25, 0.3) is 0 Å². The van der Waals surface area contributed by atoms with E-state index in [9.17, 15) is 4.57 Å². The van der Waals surface area contributed by atoms with Gasteiger partial charge in [0.2, 0.25) is 0 Å². The molecular weight excluding hydrogens is 265 g/mol. The van der Waals surface area contributed by atoms with Crippen LogP contribution in [0.1, 0.15) is 64.2 Å². The molecule has 0 aliphatic rings. The molecule has 0 aromatic heterocycles. The normalized spacial score (nSPS) is 14.5.